The Morgan fingerprint density at radius 1 is 0.951 bits per heavy atom. The Morgan fingerprint density at radius 2 is 1.73 bits per heavy atom. The lowest BCUT2D eigenvalue weighted by Gasteiger charge is -2.29. The number of benzene rings is 3. The van der Waals surface area contributed by atoms with Gasteiger partial charge in [-0.05, 0) is 54.3 Å². The lowest BCUT2D eigenvalue weighted by Crippen LogP contribution is -2.53. The zero-order valence-electron chi connectivity index (χ0n) is 22.7. The zero-order chi connectivity index (χ0) is 28.5. The number of amides is 4. The van der Waals surface area contributed by atoms with Crippen LogP contribution in [0.2, 0.25) is 0 Å². The predicted octanol–water partition coefficient (Wildman–Crippen LogP) is 3.86. The van der Waals surface area contributed by atoms with Crippen LogP contribution < -0.4 is 20.9 Å². The Hall–Kier alpha value is -4.76. The van der Waals surface area contributed by atoms with Crippen molar-refractivity contribution in [3.8, 4) is 0 Å². The maximum Gasteiger partial charge on any atom is 0.250 e. The van der Waals surface area contributed by atoms with E-state index in [-0.39, 0.29) is 17.7 Å². The number of para-hydroxylation sites is 2. The highest BCUT2D eigenvalue weighted by molar-refractivity contribution is 6.26. The van der Waals surface area contributed by atoms with E-state index in [0.717, 1.165) is 27.7 Å². The standard InChI is InChI=1S/C32H29N5O4/c1-3-18-7-6-9-23-28(18)35-31(41)32(23)27-26(25(36-32)15-19-16-33-24-10-5-4-8-22(19)24)29(39)37(30(27)40)21-13-11-20(12-14-21)34-17(2)38/h4-14,16,25-27,33,36H,3,15H2,1-2H3,(H,34,38)(H,35,41)/t25-,26-,27+,32+/m1/s1. The number of carbonyl (C=O) groups is 4. The molecule has 3 aromatic carbocycles. The summed E-state index contributed by atoms with van der Waals surface area (Å²) >= 11 is 0. The molecule has 206 valence electrons. The number of hydrogen-bond donors (Lipinski definition) is 4. The number of hydrogen-bond acceptors (Lipinski definition) is 5. The number of H-pyrrole nitrogens is 1. The molecule has 4 atom stereocenters. The van der Waals surface area contributed by atoms with Gasteiger partial charge in [-0.1, -0.05) is 43.3 Å². The van der Waals surface area contributed by atoms with Gasteiger partial charge in [0.25, 0.3) is 0 Å². The Labute approximate surface area is 236 Å². The molecule has 1 aromatic heterocycles. The number of aryl methyl sites for hydroxylation is 1. The molecule has 7 rings (SSSR count). The number of imide groups is 1. The van der Waals surface area contributed by atoms with Crippen LogP contribution in [0.1, 0.15) is 30.5 Å². The predicted molar refractivity (Wildman–Crippen MR) is 155 cm³/mol. The molecule has 4 heterocycles. The molecule has 4 aromatic rings. The molecule has 1 spiro atoms. The third-order valence-electron chi connectivity index (χ3n) is 8.78. The topological polar surface area (TPSA) is 123 Å². The molecule has 41 heavy (non-hydrogen) atoms. The van der Waals surface area contributed by atoms with Gasteiger partial charge in [-0.15, -0.1) is 0 Å². The van der Waals surface area contributed by atoms with Crippen LogP contribution in [0.3, 0.4) is 0 Å². The minimum absolute atomic E-state index is 0.217. The van der Waals surface area contributed by atoms with Crippen molar-refractivity contribution < 1.29 is 19.2 Å². The summed E-state index contributed by atoms with van der Waals surface area (Å²) in [5.41, 5.74) is 4.00. The third-order valence-corrected chi connectivity index (χ3v) is 8.78. The number of rotatable bonds is 5. The SMILES string of the molecule is CCc1cccc2c1NC(=O)[C@]21N[C@H](Cc2c[nH]c3ccccc23)[C@H]2C(=O)N(c3ccc(NC(C)=O)cc3)C(=O)[C@H]21. The fourth-order valence-electron chi connectivity index (χ4n) is 7.05. The summed E-state index contributed by atoms with van der Waals surface area (Å²) in [4.78, 5) is 58.5. The van der Waals surface area contributed by atoms with Crippen molar-refractivity contribution in [3.63, 3.8) is 0 Å². The average Bonchev–Trinajstić information content (AvgIpc) is 3.67. The van der Waals surface area contributed by atoms with E-state index in [2.05, 4.69) is 20.9 Å². The molecule has 2 fully saturated rings. The largest absolute Gasteiger partial charge is 0.361 e. The van der Waals surface area contributed by atoms with Crippen LogP contribution in [0.4, 0.5) is 17.1 Å². The molecule has 4 amide bonds. The van der Waals surface area contributed by atoms with Crippen molar-refractivity contribution in [1.29, 1.82) is 0 Å². The second-order valence-corrected chi connectivity index (χ2v) is 11.0. The smallest absolute Gasteiger partial charge is 0.250 e. The molecule has 4 N–H and O–H groups in total. The summed E-state index contributed by atoms with van der Waals surface area (Å²) in [7, 11) is 0. The highest BCUT2D eigenvalue weighted by Crippen LogP contribution is 2.54. The number of aromatic amines is 1. The molecule has 0 unspecified atom stereocenters. The Kier molecular flexibility index (Phi) is 5.62. The first-order chi connectivity index (χ1) is 19.8. The van der Waals surface area contributed by atoms with Gasteiger partial charge in [-0.25, -0.2) is 4.90 Å². The quantitative estimate of drug-likeness (QED) is 0.283. The highest BCUT2D eigenvalue weighted by Gasteiger charge is 2.70. The van der Waals surface area contributed by atoms with Crippen molar-refractivity contribution >= 4 is 51.6 Å². The van der Waals surface area contributed by atoms with E-state index in [1.54, 1.807) is 24.3 Å². The minimum Gasteiger partial charge on any atom is -0.361 e. The fourth-order valence-corrected chi connectivity index (χ4v) is 7.05. The van der Waals surface area contributed by atoms with Gasteiger partial charge < -0.3 is 15.6 Å². The average molecular weight is 548 g/mol. The van der Waals surface area contributed by atoms with Crippen LogP contribution in [-0.2, 0) is 37.6 Å². The number of nitrogens with one attached hydrogen (secondary N) is 4. The van der Waals surface area contributed by atoms with Crippen molar-refractivity contribution in [2.75, 3.05) is 15.5 Å². The summed E-state index contributed by atoms with van der Waals surface area (Å²) in [5, 5.41) is 10.4. The number of fused-ring (bicyclic) bond motifs is 5. The van der Waals surface area contributed by atoms with E-state index >= 15 is 0 Å². The van der Waals surface area contributed by atoms with Crippen LogP contribution in [0.15, 0.2) is 72.9 Å². The first-order valence-corrected chi connectivity index (χ1v) is 13.9. The molecular weight excluding hydrogens is 518 g/mol. The second kappa shape index (κ2) is 9.14. The highest BCUT2D eigenvalue weighted by atomic mass is 16.2. The zero-order valence-corrected chi connectivity index (χ0v) is 22.7. The summed E-state index contributed by atoms with van der Waals surface area (Å²) < 4.78 is 0. The lowest BCUT2D eigenvalue weighted by atomic mass is 9.76. The second-order valence-electron chi connectivity index (χ2n) is 11.0. The Morgan fingerprint density at radius 3 is 2.49 bits per heavy atom. The Bertz CT molecular complexity index is 1760. The number of carbonyl (C=O) groups excluding carboxylic acids is 4. The van der Waals surface area contributed by atoms with Crippen LogP contribution in [0.25, 0.3) is 10.9 Å². The number of aromatic nitrogens is 1. The maximum absolute atomic E-state index is 14.3. The van der Waals surface area contributed by atoms with Gasteiger partial charge in [0, 0.05) is 47.0 Å². The van der Waals surface area contributed by atoms with Crippen LogP contribution in [0, 0.1) is 11.8 Å². The fraction of sp³-hybridized carbons (Fsp3) is 0.250. The maximum atomic E-state index is 14.3. The molecular formula is C32H29N5O4. The van der Waals surface area contributed by atoms with Crippen LogP contribution >= 0.6 is 0 Å². The normalized spacial score (nSPS) is 24.7. The van der Waals surface area contributed by atoms with E-state index in [9.17, 15) is 19.2 Å². The molecule has 3 aliphatic heterocycles. The van der Waals surface area contributed by atoms with E-state index in [1.165, 1.54) is 11.8 Å². The molecule has 0 saturated carbocycles. The molecule has 0 radical (unpaired) electrons. The number of anilines is 3. The van der Waals surface area contributed by atoms with Gasteiger partial charge in [0.05, 0.1) is 17.5 Å². The third kappa shape index (κ3) is 3.58. The van der Waals surface area contributed by atoms with Crippen molar-refractivity contribution in [1.82, 2.24) is 10.3 Å². The van der Waals surface area contributed by atoms with Crippen molar-refractivity contribution in [2.45, 2.75) is 38.3 Å². The van der Waals surface area contributed by atoms with E-state index in [4.69, 9.17) is 0 Å². The van der Waals surface area contributed by atoms with Crippen molar-refractivity contribution in [3.05, 3.63) is 89.6 Å². The van der Waals surface area contributed by atoms with Gasteiger partial charge >= 0.3 is 0 Å². The Balaban J connectivity index is 1.34. The molecule has 0 aliphatic carbocycles. The molecule has 9 nitrogen and oxygen atoms in total. The van der Waals surface area contributed by atoms with Crippen molar-refractivity contribution in [2.24, 2.45) is 11.8 Å². The van der Waals surface area contributed by atoms with Crippen LogP contribution in [0.5, 0.6) is 0 Å². The van der Waals surface area contributed by atoms with E-state index in [1.807, 2.05) is 55.6 Å². The van der Waals surface area contributed by atoms with E-state index < -0.39 is 29.3 Å². The summed E-state index contributed by atoms with van der Waals surface area (Å²) in [6, 6.07) is 19.9. The molecule has 0 bridgehead atoms. The van der Waals surface area contributed by atoms with Crippen LogP contribution in [-0.4, -0.2) is 34.7 Å². The minimum atomic E-state index is -1.38. The van der Waals surface area contributed by atoms with Gasteiger partial charge in [-0.2, -0.15) is 0 Å². The summed E-state index contributed by atoms with van der Waals surface area (Å²) in [6.07, 6.45) is 3.10. The van der Waals surface area contributed by atoms with Gasteiger partial charge in [0.15, 0.2) is 0 Å². The first-order valence-electron chi connectivity index (χ1n) is 13.9. The van der Waals surface area contributed by atoms with Gasteiger partial charge in [0.1, 0.15) is 5.54 Å². The van der Waals surface area contributed by atoms with Gasteiger partial charge in [0.2, 0.25) is 23.6 Å². The molecule has 3 aliphatic rings. The summed E-state index contributed by atoms with van der Waals surface area (Å²) in [6.45, 7) is 3.44. The molecule has 2 saturated heterocycles. The summed E-state index contributed by atoms with van der Waals surface area (Å²) in [5.74, 6) is -2.96. The first kappa shape index (κ1) is 25.2. The van der Waals surface area contributed by atoms with Gasteiger partial charge in [-0.3, -0.25) is 24.5 Å². The molecule has 9 heteroatoms. The van der Waals surface area contributed by atoms with E-state index in [0.29, 0.717) is 29.8 Å². The monoisotopic (exact) mass is 547 g/mol. The number of nitrogens with zero attached hydrogens (tertiary/aromatic N) is 1. The lowest BCUT2D eigenvalue weighted by molar-refractivity contribution is -0.130.